The molecule has 0 saturated carbocycles. The van der Waals surface area contributed by atoms with E-state index < -0.39 is 4.92 Å². The summed E-state index contributed by atoms with van der Waals surface area (Å²) in [6.45, 7) is 0.310. The van der Waals surface area contributed by atoms with Crippen molar-refractivity contribution in [2.24, 2.45) is 0 Å². The number of amides is 1. The summed E-state index contributed by atoms with van der Waals surface area (Å²) in [6.07, 6.45) is 1.78. The van der Waals surface area contributed by atoms with Gasteiger partial charge in [-0.25, -0.2) is 4.98 Å². The summed E-state index contributed by atoms with van der Waals surface area (Å²) >= 11 is 11.8. The third kappa shape index (κ3) is 6.09. The Balaban J connectivity index is 1.67. The molecule has 0 unspecified atom stereocenters. The largest absolute Gasteiger partial charge is 0.492 e. The van der Waals surface area contributed by atoms with Crippen LogP contribution in [0.5, 0.6) is 5.75 Å². The third-order valence-corrected chi connectivity index (χ3v) is 3.52. The van der Waals surface area contributed by atoms with E-state index in [4.69, 9.17) is 27.9 Å². The number of rotatable bonds is 8. The summed E-state index contributed by atoms with van der Waals surface area (Å²) < 4.78 is 5.47. The van der Waals surface area contributed by atoms with Gasteiger partial charge in [-0.2, -0.15) is 0 Å². The molecule has 2 N–H and O–H groups in total. The first-order valence-electron chi connectivity index (χ1n) is 7.19. The summed E-state index contributed by atoms with van der Waals surface area (Å²) in [5, 5.41) is 11.4. The summed E-state index contributed by atoms with van der Waals surface area (Å²) in [7, 11) is 0. The van der Waals surface area contributed by atoms with Crippen LogP contribution < -0.4 is 15.6 Å². The van der Waals surface area contributed by atoms with Gasteiger partial charge in [-0.05, 0) is 30.7 Å². The topological polar surface area (TPSA) is 106 Å². The van der Waals surface area contributed by atoms with Gasteiger partial charge in [0.15, 0.2) is 0 Å². The lowest BCUT2D eigenvalue weighted by Crippen LogP contribution is -2.29. The second-order valence-corrected chi connectivity index (χ2v) is 5.70. The zero-order valence-corrected chi connectivity index (χ0v) is 14.4. The van der Waals surface area contributed by atoms with Crippen LogP contribution in [0.3, 0.4) is 0 Å². The third-order valence-electron chi connectivity index (χ3n) is 2.99. The second kappa shape index (κ2) is 9.05. The van der Waals surface area contributed by atoms with E-state index >= 15 is 0 Å². The minimum atomic E-state index is -0.553. The number of hydrazine groups is 1. The molecular formula is C15H14Cl2N4O4. The molecule has 2 aromatic rings. The summed E-state index contributed by atoms with van der Waals surface area (Å²) in [5.41, 5.74) is 4.89. The van der Waals surface area contributed by atoms with E-state index in [0.29, 0.717) is 34.6 Å². The van der Waals surface area contributed by atoms with Crippen molar-refractivity contribution in [2.45, 2.75) is 12.8 Å². The van der Waals surface area contributed by atoms with Gasteiger partial charge in [-0.3, -0.25) is 25.8 Å². The Morgan fingerprint density at radius 3 is 2.72 bits per heavy atom. The zero-order chi connectivity index (χ0) is 18.2. The molecule has 2 rings (SSSR count). The number of carbonyl (C=O) groups is 1. The number of nitro groups is 1. The van der Waals surface area contributed by atoms with Crippen LogP contribution in [0.25, 0.3) is 0 Å². The van der Waals surface area contributed by atoms with Gasteiger partial charge in [0.05, 0.1) is 16.6 Å². The number of aromatic nitrogens is 1. The normalized spacial score (nSPS) is 10.2. The molecule has 8 nitrogen and oxygen atoms in total. The molecule has 0 radical (unpaired) electrons. The molecule has 1 aromatic carbocycles. The number of hydrogen-bond acceptors (Lipinski definition) is 6. The maximum absolute atomic E-state index is 11.7. The number of nitrogens with one attached hydrogen (secondary N) is 2. The van der Waals surface area contributed by atoms with Crippen molar-refractivity contribution in [3.05, 3.63) is 56.7 Å². The van der Waals surface area contributed by atoms with Crippen molar-refractivity contribution in [1.82, 2.24) is 10.4 Å². The Morgan fingerprint density at radius 1 is 1.28 bits per heavy atom. The van der Waals surface area contributed by atoms with Crippen molar-refractivity contribution in [3.8, 4) is 5.75 Å². The monoisotopic (exact) mass is 384 g/mol. The van der Waals surface area contributed by atoms with Crippen molar-refractivity contribution in [2.75, 3.05) is 12.0 Å². The number of ether oxygens (including phenoxy) is 1. The number of benzene rings is 1. The van der Waals surface area contributed by atoms with Crippen LogP contribution in [0, 0.1) is 10.1 Å². The highest BCUT2D eigenvalue weighted by Crippen LogP contribution is 2.27. The Kier molecular flexibility index (Phi) is 6.79. The average Bonchev–Trinajstić information content (AvgIpc) is 2.58. The highest BCUT2D eigenvalue weighted by molar-refractivity contribution is 6.35. The van der Waals surface area contributed by atoms with Gasteiger partial charge in [0.2, 0.25) is 5.91 Å². The van der Waals surface area contributed by atoms with E-state index in [-0.39, 0.29) is 18.0 Å². The maximum Gasteiger partial charge on any atom is 0.287 e. The Bertz CT molecular complexity index is 756. The number of carbonyl (C=O) groups excluding carboxylic acids is 1. The first kappa shape index (κ1) is 18.8. The quantitative estimate of drug-likeness (QED) is 0.409. The zero-order valence-electron chi connectivity index (χ0n) is 12.9. The molecule has 1 aromatic heterocycles. The van der Waals surface area contributed by atoms with Gasteiger partial charge in [0.1, 0.15) is 17.8 Å². The van der Waals surface area contributed by atoms with Gasteiger partial charge in [0, 0.05) is 17.5 Å². The lowest BCUT2D eigenvalue weighted by atomic mass is 10.3. The van der Waals surface area contributed by atoms with E-state index in [0.717, 1.165) is 6.20 Å². The number of anilines is 1. The van der Waals surface area contributed by atoms with Crippen molar-refractivity contribution in [3.63, 3.8) is 0 Å². The fourth-order valence-electron chi connectivity index (χ4n) is 1.77. The highest BCUT2D eigenvalue weighted by Gasteiger charge is 2.07. The minimum absolute atomic E-state index is 0.130. The molecule has 0 saturated heterocycles. The Hall–Kier alpha value is -2.58. The molecule has 0 aliphatic heterocycles. The molecule has 0 spiro atoms. The number of halogens is 2. The van der Waals surface area contributed by atoms with Crippen molar-refractivity contribution >= 4 is 40.6 Å². The minimum Gasteiger partial charge on any atom is -0.492 e. The van der Waals surface area contributed by atoms with Gasteiger partial charge < -0.3 is 4.74 Å². The van der Waals surface area contributed by atoms with E-state index in [1.165, 1.54) is 12.1 Å². The molecular weight excluding hydrogens is 371 g/mol. The van der Waals surface area contributed by atoms with E-state index in [9.17, 15) is 14.9 Å². The number of nitrogens with zero attached hydrogens (tertiary/aromatic N) is 2. The van der Waals surface area contributed by atoms with Crippen LogP contribution in [0.4, 0.5) is 11.5 Å². The molecule has 0 bridgehead atoms. The first-order chi connectivity index (χ1) is 12.0. The Labute approximate surface area is 153 Å². The molecule has 0 aliphatic rings. The Morgan fingerprint density at radius 2 is 2.08 bits per heavy atom. The summed E-state index contributed by atoms with van der Waals surface area (Å²) in [5.74, 6) is 0.522. The van der Waals surface area contributed by atoms with Crippen LogP contribution in [-0.2, 0) is 4.79 Å². The van der Waals surface area contributed by atoms with Crippen LogP contribution in [-0.4, -0.2) is 22.4 Å². The molecule has 1 heterocycles. The van der Waals surface area contributed by atoms with Gasteiger partial charge in [-0.1, -0.05) is 23.2 Å². The lowest BCUT2D eigenvalue weighted by Gasteiger charge is -2.09. The van der Waals surface area contributed by atoms with E-state index in [1.807, 2.05) is 0 Å². The van der Waals surface area contributed by atoms with Gasteiger partial charge in [0.25, 0.3) is 5.69 Å². The van der Waals surface area contributed by atoms with Crippen LogP contribution >= 0.6 is 23.2 Å². The molecule has 1 amide bonds. The fraction of sp³-hybridized carbons (Fsp3) is 0.200. The predicted molar refractivity (Wildman–Crippen MR) is 93.8 cm³/mol. The molecule has 0 aliphatic carbocycles. The maximum atomic E-state index is 11.7. The van der Waals surface area contributed by atoms with Crippen LogP contribution in [0.1, 0.15) is 12.8 Å². The number of hydrogen-bond donors (Lipinski definition) is 2. The predicted octanol–water partition coefficient (Wildman–Crippen LogP) is 3.60. The second-order valence-electron chi connectivity index (χ2n) is 4.86. The number of pyridine rings is 1. The van der Waals surface area contributed by atoms with E-state index in [2.05, 4.69) is 15.8 Å². The standard InChI is InChI=1S/C15H14Cl2N4O4/c16-10-3-5-13(12(17)8-10)25-7-1-2-15(22)20-19-14-6-4-11(9-18-14)21(23)24/h3-6,8-9H,1-2,7H2,(H,18,19)(H,20,22). The van der Waals surface area contributed by atoms with Crippen LogP contribution in [0.2, 0.25) is 10.0 Å². The van der Waals surface area contributed by atoms with E-state index in [1.54, 1.807) is 18.2 Å². The molecule has 10 heteroatoms. The molecule has 25 heavy (non-hydrogen) atoms. The molecule has 0 atom stereocenters. The van der Waals surface area contributed by atoms with Crippen molar-refractivity contribution in [1.29, 1.82) is 0 Å². The SMILES string of the molecule is O=C(CCCOc1ccc(Cl)cc1Cl)NNc1ccc([N+](=O)[O-])cn1. The van der Waals surface area contributed by atoms with Crippen molar-refractivity contribution < 1.29 is 14.5 Å². The summed E-state index contributed by atoms with van der Waals surface area (Å²) in [6, 6.07) is 7.57. The highest BCUT2D eigenvalue weighted by atomic mass is 35.5. The molecule has 132 valence electrons. The van der Waals surface area contributed by atoms with Gasteiger partial charge >= 0.3 is 0 Å². The van der Waals surface area contributed by atoms with Crippen LogP contribution in [0.15, 0.2) is 36.5 Å². The smallest absolute Gasteiger partial charge is 0.287 e. The summed E-state index contributed by atoms with van der Waals surface area (Å²) in [4.78, 5) is 25.5. The molecule has 0 fully saturated rings. The fourth-order valence-corrected chi connectivity index (χ4v) is 2.23. The average molecular weight is 385 g/mol. The lowest BCUT2D eigenvalue weighted by molar-refractivity contribution is -0.385. The first-order valence-corrected chi connectivity index (χ1v) is 7.94. The van der Waals surface area contributed by atoms with Gasteiger partial charge in [-0.15, -0.1) is 0 Å².